The highest BCUT2D eigenvalue weighted by Gasteiger charge is 2.13. The summed E-state index contributed by atoms with van der Waals surface area (Å²) in [5.41, 5.74) is 1.51. The Bertz CT molecular complexity index is 721. The maximum Gasteiger partial charge on any atom is 0.175 e. The van der Waals surface area contributed by atoms with Crippen LogP contribution in [0.25, 0.3) is 0 Å². The molecular formula is C20H26BrClFNO4. The van der Waals surface area contributed by atoms with Gasteiger partial charge in [-0.3, -0.25) is 0 Å². The first-order valence-electron chi connectivity index (χ1n) is 8.86. The first kappa shape index (κ1) is 24.7. The minimum absolute atomic E-state index is 0. The van der Waals surface area contributed by atoms with Gasteiger partial charge >= 0.3 is 0 Å². The molecule has 0 aliphatic carbocycles. The molecule has 2 rings (SSSR count). The van der Waals surface area contributed by atoms with Crippen LogP contribution >= 0.6 is 28.3 Å². The SMILES string of the molecule is CCOc1cc(CNCCOCCO)cc(Br)c1OCc1ccccc1F.Cl. The second-order valence-corrected chi connectivity index (χ2v) is 6.59. The molecule has 0 aliphatic rings. The second-order valence-electron chi connectivity index (χ2n) is 5.73. The fraction of sp³-hybridized carbons (Fsp3) is 0.400. The minimum Gasteiger partial charge on any atom is -0.490 e. The Morgan fingerprint density at radius 1 is 1.14 bits per heavy atom. The van der Waals surface area contributed by atoms with Crippen molar-refractivity contribution in [1.82, 2.24) is 5.32 Å². The second kappa shape index (κ2) is 13.7. The molecule has 0 radical (unpaired) electrons. The quantitative estimate of drug-likeness (QED) is 0.450. The Hall–Kier alpha value is -1.38. The zero-order chi connectivity index (χ0) is 19.5. The average molecular weight is 479 g/mol. The number of halogens is 3. The van der Waals surface area contributed by atoms with Gasteiger partial charge in [0.1, 0.15) is 12.4 Å². The van der Waals surface area contributed by atoms with E-state index >= 15 is 0 Å². The standard InChI is InChI=1S/C20H25BrFNO4.ClH/c1-2-26-19-12-15(13-23-7-9-25-10-8-24)11-17(21)20(19)27-14-16-5-3-4-6-18(16)22;/h3-6,11-12,23-24H,2,7-10,13-14H2,1H3;1H. The van der Waals surface area contributed by atoms with Gasteiger partial charge in [-0.2, -0.15) is 0 Å². The van der Waals surface area contributed by atoms with Crippen molar-refractivity contribution in [3.8, 4) is 11.5 Å². The Balaban J connectivity index is 0.00000392. The van der Waals surface area contributed by atoms with E-state index in [1.165, 1.54) is 6.07 Å². The van der Waals surface area contributed by atoms with Gasteiger partial charge in [0.25, 0.3) is 0 Å². The lowest BCUT2D eigenvalue weighted by molar-refractivity contribution is 0.0938. The van der Waals surface area contributed by atoms with E-state index in [4.69, 9.17) is 19.3 Å². The lowest BCUT2D eigenvalue weighted by atomic mass is 10.2. The molecule has 0 saturated carbocycles. The molecule has 0 bridgehead atoms. The van der Waals surface area contributed by atoms with Gasteiger partial charge in [-0.15, -0.1) is 12.4 Å². The smallest absolute Gasteiger partial charge is 0.175 e. The summed E-state index contributed by atoms with van der Waals surface area (Å²) in [5.74, 6) is 0.863. The first-order chi connectivity index (χ1) is 13.2. The maximum absolute atomic E-state index is 13.8. The van der Waals surface area contributed by atoms with E-state index in [9.17, 15) is 4.39 Å². The van der Waals surface area contributed by atoms with Crippen LogP contribution in [-0.4, -0.2) is 38.1 Å². The van der Waals surface area contributed by atoms with Crippen LogP contribution in [0.4, 0.5) is 4.39 Å². The third-order valence-corrected chi connectivity index (χ3v) is 4.28. The van der Waals surface area contributed by atoms with Gasteiger partial charge in [0.15, 0.2) is 11.5 Å². The summed E-state index contributed by atoms with van der Waals surface area (Å²) < 4.78 is 31.3. The molecule has 0 spiro atoms. The van der Waals surface area contributed by atoms with Crippen LogP contribution in [0.2, 0.25) is 0 Å². The van der Waals surface area contributed by atoms with Crippen LogP contribution in [0.1, 0.15) is 18.1 Å². The van der Waals surface area contributed by atoms with E-state index in [1.807, 2.05) is 19.1 Å². The van der Waals surface area contributed by atoms with Crippen molar-refractivity contribution in [2.24, 2.45) is 0 Å². The van der Waals surface area contributed by atoms with E-state index in [-0.39, 0.29) is 31.4 Å². The molecule has 2 aromatic carbocycles. The van der Waals surface area contributed by atoms with Crippen molar-refractivity contribution in [2.75, 3.05) is 33.0 Å². The van der Waals surface area contributed by atoms with Gasteiger partial charge in [0.2, 0.25) is 0 Å². The first-order valence-corrected chi connectivity index (χ1v) is 9.65. The summed E-state index contributed by atoms with van der Waals surface area (Å²) in [5, 5.41) is 11.9. The zero-order valence-electron chi connectivity index (χ0n) is 15.7. The summed E-state index contributed by atoms with van der Waals surface area (Å²) in [6.07, 6.45) is 0. The molecule has 0 unspecified atom stereocenters. The molecule has 2 N–H and O–H groups in total. The van der Waals surface area contributed by atoms with Crippen molar-refractivity contribution in [3.05, 3.63) is 57.8 Å². The molecule has 0 atom stereocenters. The Morgan fingerprint density at radius 2 is 1.93 bits per heavy atom. The monoisotopic (exact) mass is 477 g/mol. The van der Waals surface area contributed by atoms with Crippen molar-refractivity contribution in [2.45, 2.75) is 20.1 Å². The van der Waals surface area contributed by atoms with Crippen molar-refractivity contribution >= 4 is 28.3 Å². The summed E-state index contributed by atoms with van der Waals surface area (Å²) in [7, 11) is 0. The molecule has 0 saturated heterocycles. The molecule has 0 aliphatic heterocycles. The number of ether oxygens (including phenoxy) is 3. The van der Waals surface area contributed by atoms with Crippen LogP contribution in [0, 0.1) is 5.82 Å². The molecule has 28 heavy (non-hydrogen) atoms. The summed E-state index contributed by atoms with van der Waals surface area (Å²) in [6.45, 7) is 4.72. The highest BCUT2D eigenvalue weighted by Crippen LogP contribution is 2.37. The number of benzene rings is 2. The van der Waals surface area contributed by atoms with Crippen molar-refractivity contribution < 1.29 is 23.7 Å². The summed E-state index contributed by atoms with van der Waals surface area (Å²) >= 11 is 3.52. The molecule has 8 heteroatoms. The molecule has 0 heterocycles. The highest BCUT2D eigenvalue weighted by molar-refractivity contribution is 9.10. The maximum atomic E-state index is 13.8. The number of rotatable bonds is 12. The van der Waals surface area contributed by atoms with E-state index in [0.717, 1.165) is 10.0 Å². The summed E-state index contributed by atoms with van der Waals surface area (Å²) in [4.78, 5) is 0. The number of hydrogen-bond donors (Lipinski definition) is 2. The van der Waals surface area contributed by atoms with Gasteiger partial charge in [0, 0.05) is 18.7 Å². The molecule has 156 valence electrons. The lowest BCUT2D eigenvalue weighted by Crippen LogP contribution is -2.20. The highest BCUT2D eigenvalue weighted by atomic mass is 79.9. The van der Waals surface area contributed by atoms with Gasteiger partial charge in [0.05, 0.1) is 30.9 Å². The van der Waals surface area contributed by atoms with E-state index < -0.39 is 0 Å². The molecule has 0 aromatic heterocycles. The van der Waals surface area contributed by atoms with Crippen LogP contribution in [0.15, 0.2) is 40.9 Å². The van der Waals surface area contributed by atoms with E-state index in [2.05, 4.69) is 21.2 Å². The predicted molar refractivity (Wildman–Crippen MR) is 113 cm³/mol. The van der Waals surface area contributed by atoms with Gasteiger partial charge in [-0.25, -0.2) is 4.39 Å². The number of hydrogen-bond acceptors (Lipinski definition) is 5. The fourth-order valence-electron chi connectivity index (χ4n) is 2.44. The number of aliphatic hydroxyl groups is 1. The fourth-order valence-corrected chi connectivity index (χ4v) is 3.04. The van der Waals surface area contributed by atoms with Gasteiger partial charge in [-0.05, 0) is 46.6 Å². The normalized spacial score (nSPS) is 10.4. The number of aliphatic hydroxyl groups excluding tert-OH is 1. The van der Waals surface area contributed by atoms with E-state index in [0.29, 0.717) is 50.0 Å². The predicted octanol–water partition coefficient (Wildman–Crippen LogP) is 4.09. The van der Waals surface area contributed by atoms with Crippen LogP contribution in [-0.2, 0) is 17.9 Å². The van der Waals surface area contributed by atoms with Crippen LogP contribution < -0.4 is 14.8 Å². The third kappa shape index (κ3) is 7.93. The zero-order valence-corrected chi connectivity index (χ0v) is 18.2. The molecule has 5 nitrogen and oxygen atoms in total. The van der Waals surface area contributed by atoms with E-state index in [1.54, 1.807) is 18.2 Å². The lowest BCUT2D eigenvalue weighted by Gasteiger charge is -2.16. The topological polar surface area (TPSA) is 60.0 Å². The number of nitrogens with one attached hydrogen (secondary N) is 1. The Kier molecular flexibility index (Phi) is 12.1. The Labute approximate surface area is 179 Å². The minimum atomic E-state index is -0.296. The van der Waals surface area contributed by atoms with Crippen LogP contribution in [0.5, 0.6) is 11.5 Å². The molecule has 2 aromatic rings. The molecule has 0 amide bonds. The third-order valence-electron chi connectivity index (χ3n) is 3.69. The van der Waals surface area contributed by atoms with Gasteiger partial charge in [-0.1, -0.05) is 18.2 Å². The largest absolute Gasteiger partial charge is 0.490 e. The van der Waals surface area contributed by atoms with Crippen LogP contribution in [0.3, 0.4) is 0 Å². The van der Waals surface area contributed by atoms with Crippen molar-refractivity contribution in [1.29, 1.82) is 0 Å². The summed E-state index contributed by atoms with van der Waals surface area (Å²) in [6, 6.07) is 10.4. The van der Waals surface area contributed by atoms with Gasteiger partial charge < -0.3 is 24.6 Å². The average Bonchev–Trinajstić information content (AvgIpc) is 2.65. The van der Waals surface area contributed by atoms with Crippen molar-refractivity contribution in [3.63, 3.8) is 0 Å². The molecule has 0 fully saturated rings. The molecular weight excluding hydrogens is 453 g/mol. The Morgan fingerprint density at radius 3 is 2.64 bits per heavy atom.